The van der Waals surface area contributed by atoms with Gasteiger partial charge in [0.05, 0.1) is 30.9 Å². The summed E-state index contributed by atoms with van der Waals surface area (Å²) in [4.78, 5) is 37.1. The van der Waals surface area contributed by atoms with Crippen LogP contribution in [0.3, 0.4) is 0 Å². The number of carbonyl (C=O) groups excluding carboxylic acids is 1. The highest BCUT2D eigenvalue weighted by Crippen LogP contribution is 2.35. The average Bonchev–Trinajstić information content (AvgIpc) is 3.55. The number of hydrogen-bond donors (Lipinski definition) is 2. The Labute approximate surface area is 223 Å². The number of rotatable bonds is 6. The second-order valence-electron chi connectivity index (χ2n) is 10.3. The Hall–Kier alpha value is -3.19. The molecule has 2 saturated heterocycles. The van der Waals surface area contributed by atoms with E-state index in [0.29, 0.717) is 44.2 Å². The lowest BCUT2D eigenvalue weighted by Gasteiger charge is -2.42. The van der Waals surface area contributed by atoms with Crippen molar-refractivity contribution in [2.45, 2.75) is 25.9 Å². The predicted octanol–water partition coefficient (Wildman–Crippen LogP) is 2.59. The molecule has 6 rings (SSSR count). The Morgan fingerprint density at radius 3 is 2.61 bits per heavy atom. The van der Waals surface area contributed by atoms with E-state index in [1.807, 2.05) is 19.9 Å². The number of nitrogens with two attached hydrogens (primary N) is 1. The van der Waals surface area contributed by atoms with Gasteiger partial charge in [-0.15, -0.1) is 0 Å². The number of aromatic nitrogens is 4. The molecule has 2 aliphatic heterocycles. The van der Waals surface area contributed by atoms with Gasteiger partial charge in [-0.2, -0.15) is 0 Å². The Morgan fingerprint density at radius 1 is 1.11 bits per heavy atom. The van der Waals surface area contributed by atoms with E-state index in [4.69, 9.17) is 25.4 Å². The van der Waals surface area contributed by atoms with Crippen LogP contribution in [0, 0.1) is 5.82 Å². The number of primary amides is 1. The fourth-order valence-corrected chi connectivity index (χ4v) is 6.15. The number of ether oxygens (including phenoxy) is 1. The van der Waals surface area contributed by atoms with E-state index in [1.165, 1.54) is 17.4 Å². The molecular formula is C26H31FN8O2S. The van der Waals surface area contributed by atoms with Crippen LogP contribution in [-0.2, 0) is 16.1 Å². The highest BCUT2D eigenvalue weighted by atomic mass is 32.1. The van der Waals surface area contributed by atoms with E-state index in [2.05, 4.69) is 19.7 Å². The summed E-state index contributed by atoms with van der Waals surface area (Å²) in [6.07, 6.45) is 1.80. The largest absolute Gasteiger partial charge is 0.378 e. The van der Waals surface area contributed by atoms with E-state index < -0.39 is 5.54 Å². The first kappa shape index (κ1) is 25.1. The van der Waals surface area contributed by atoms with E-state index in [0.717, 1.165) is 58.3 Å². The Morgan fingerprint density at radius 2 is 1.87 bits per heavy atom. The van der Waals surface area contributed by atoms with Crippen molar-refractivity contribution < 1.29 is 13.9 Å². The lowest BCUT2D eigenvalue weighted by atomic mass is 10.0. The van der Waals surface area contributed by atoms with Crippen LogP contribution in [-0.4, -0.2) is 93.7 Å². The molecule has 2 fully saturated rings. The second kappa shape index (κ2) is 9.84. The van der Waals surface area contributed by atoms with Crippen LogP contribution in [0.2, 0.25) is 0 Å². The zero-order valence-electron chi connectivity index (χ0n) is 21.5. The van der Waals surface area contributed by atoms with Crippen molar-refractivity contribution >= 4 is 44.3 Å². The van der Waals surface area contributed by atoms with Gasteiger partial charge in [0.2, 0.25) is 5.91 Å². The van der Waals surface area contributed by atoms with Crippen molar-refractivity contribution in [2.75, 3.05) is 57.4 Å². The number of nitrogens with zero attached hydrogens (tertiary/aromatic N) is 6. The van der Waals surface area contributed by atoms with Crippen LogP contribution >= 0.6 is 11.3 Å². The molecule has 4 aromatic rings. The normalized spacial score (nSPS) is 18.0. The first-order valence-electron chi connectivity index (χ1n) is 12.8. The number of hydrogen-bond acceptors (Lipinski definition) is 9. The van der Waals surface area contributed by atoms with E-state index >= 15 is 4.39 Å². The van der Waals surface area contributed by atoms with Crippen molar-refractivity contribution in [3.05, 3.63) is 35.2 Å². The van der Waals surface area contributed by atoms with Gasteiger partial charge in [-0.1, -0.05) is 11.3 Å². The predicted molar refractivity (Wildman–Crippen MR) is 146 cm³/mol. The molecule has 2 aliphatic rings. The minimum atomic E-state index is -0.668. The van der Waals surface area contributed by atoms with Gasteiger partial charge < -0.3 is 20.4 Å². The van der Waals surface area contributed by atoms with Gasteiger partial charge in [0, 0.05) is 56.4 Å². The van der Waals surface area contributed by atoms with Crippen LogP contribution in [0.1, 0.15) is 18.9 Å². The second-order valence-corrected chi connectivity index (χ2v) is 11.3. The molecule has 3 N–H and O–H groups in total. The molecule has 0 radical (unpaired) electrons. The Bertz CT molecular complexity index is 1490. The number of nitrogens with one attached hydrogen (secondary N) is 1. The molecule has 0 unspecified atom stereocenters. The number of anilines is 1. The number of piperazine rings is 1. The molecule has 1 aromatic carbocycles. The monoisotopic (exact) mass is 538 g/mol. The SMILES string of the molecule is CC(C)(C(N)=O)N1CCN(Cc2nc3c(N4CCOCC4)nc(-c4c(F)ccc5[nH]ccc45)nc3s2)CC1. The fraction of sp³-hybridized carbons (Fsp3) is 0.462. The molecule has 12 heteroatoms. The third-order valence-corrected chi connectivity index (χ3v) is 8.56. The van der Waals surface area contributed by atoms with Gasteiger partial charge in [0.25, 0.3) is 0 Å². The van der Waals surface area contributed by atoms with Crippen LogP contribution in [0.4, 0.5) is 10.2 Å². The Kier molecular flexibility index (Phi) is 6.50. The van der Waals surface area contributed by atoms with Crippen LogP contribution < -0.4 is 10.6 Å². The third-order valence-electron chi connectivity index (χ3n) is 7.63. The fourth-order valence-electron chi connectivity index (χ4n) is 5.17. The number of halogens is 1. The van der Waals surface area contributed by atoms with Crippen LogP contribution in [0.15, 0.2) is 24.4 Å². The summed E-state index contributed by atoms with van der Waals surface area (Å²) in [5, 5.41) is 1.68. The lowest BCUT2D eigenvalue weighted by molar-refractivity contribution is -0.129. The number of thiazole rings is 1. The first-order valence-corrected chi connectivity index (χ1v) is 13.7. The molecule has 200 valence electrons. The van der Waals surface area contributed by atoms with Gasteiger partial charge in [-0.25, -0.2) is 19.3 Å². The summed E-state index contributed by atoms with van der Waals surface area (Å²) in [6.45, 7) is 10.1. The molecule has 10 nitrogen and oxygen atoms in total. The molecule has 3 aromatic heterocycles. The molecule has 0 bridgehead atoms. The topological polar surface area (TPSA) is 117 Å². The number of amides is 1. The minimum absolute atomic E-state index is 0.311. The van der Waals surface area contributed by atoms with Crippen molar-refractivity contribution in [2.24, 2.45) is 5.73 Å². The number of fused-ring (bicyclic) bond motifs is 2. The van der Waals surface area contributed by atoms with Gasteiger partial charge in [-0.3, -0.25) is 14.6 Å². The maximum atomic E-state index is 15.2. The number of benzene rings is 1. The molecule has 0 atom stereocenters. The molecule has 38 heavy (non-hydrogen) atoms. The summed E-state index contributed by atoms with van der Waals surface area (Å²) in [6, 6.07) is 5.03. The summed E-state index contributed by atoms with van der Waals surface area (Å²) in [7, 11) is 0. The first-order chi connectivity index (χ1) is 18.3. The van der Waals surface area contributed by atoms with Crippen LogP contribution in [0.25, 0.3) is 32.6 Å². The number of aromatic amines is 1. The average molecular weight is 539 g/mol. The molecule has 0 aliphatic carbocycles. The van der Waals surface area contributed by atoms with Gasteiger partial charge in [0.1, 0.15) is 21.2 Å². The quantitative estimate of drug-likeness (QED) is 0.385. The van der Waals surface area contributed by atoms with Gasteiger partial charge >= 0.3 is 0 Å². The standard InChI is InChI=1S/C26H31FN8O2S/c1-26(2,25(28)36)35-9-7-33(8-10-35)15-19-30-21-23(34-11-13-37-14-12-34)31-22(32-24(21)38-19)20-16-5-6-29-18(16)4-3-17(20)27/h3-6,29H,7-15H2,1-2H3,(H2,28,36). The zero-order valence-corrected chi connectivity index (χ0v) is 22.4. The van der Waals surface area contributed by atoms with E-state index in [9.17, 15) is 4.79 Å². The summed E-state index contributed by atoms with van der Waals surface area (Å²) < 4.78 is 20.7. The lowest BCUT2D eigenvalue weighted by Crippen LogP contribution is -2.59. The summed E-state index contributed by atoms with van der Waals surface area (Å²) in [5.74, 6) is 0.412. The van der Waals surface area contributed by atoms with E-state index in [-0.39, 0.29) is 11.7 Å². The zero-order chi connectivity index (χ0) is 26.4. The van der Waals surface area contributed by atoms with Gasteiger partial charge in [-0.05, 0) is 32.0 Å². The minimum Gasteiger partial charge on any atom is -0.378 e. The van der Waals surface area contributed by atoms with Gasteiger partial charge in [0.15, 0.2) is 11.6 Å². The van der Waals surface area contributed by atoms with Crippen molar-refractivity contribution in [1.82, 2.24) is 29.7 Å². The number of carbonyl (C=O) groups is 1. The molecule has 1 amide bonds. The van der Waals surface area contributed by atoms with Crippen molar-refractivity contribution in [3.8, 4) is 11.4 Å². The van der Waals surface area contributed by atoms with Crippen molar-refractivity contribution in [1.29, 1.82) is 0 Å². The number of H-pyrrole nitrogens is 1. The molecule has 0 spiro atoms. The maximum Gasteiger partial charge on any atom is 0.237 e. The van der Waals surface area contributed by atoms with Crippen LogP contribution in [0.5, 0.6) is 0 Å². The Balaban J connectivity index is 1.33. The van der Waals surface area contributed by atoms with Crippen molar-refractivity contribution in [3.63, 3.8) is 0 Å². The highest BCUT2D eigenvalue weighted by Gasteiger charge is 2.35. The number of morpholine rings is 1. The maximum absolute atomic E-state index is 15.2. The smallest absolute Gasteiger partial charge is 0.237 e. The molecular weight excluding hydrogens is 507 g/mol. The molecule has 0 saturated carbocycles. The molecule has 5 heterocycles. The third kappa shape index (κ3) is 4.51. The van der Waals surface area contributed by atoms with E-state index in [1.54, 1.807) is 12.3 Å². The summed E-state index contributed by atoms with van der Waals surface area (Å²) in [5.41, 5.74) is 6.91. The highest BCUT2D eigenvalue weighted by molar-refractivity contribution is 7.18. The summed E-state index contributed by atoms with van der Waals surface area (Å²) >= 11 is 1.52.